The van der Waals surface area contributed by atoms with Crippen molar-refractivity contribution >= 4 is 40.4 Å². The maximum absolute atomic E-state index is 6.20. The van der Waals surface area contributed by atoms with Gasteiger partial charge in [0.1, 0.15) is 5.82 Å². The second-order valence-electron chi connectivity index (χ2n) is 4.54. The van der Waals surface area contributed by atoms with Crippen LogP contribution in [0.15, 0.2) is 43.1 Å². The van der Waals surface area contributed by atoms with E-state index >= 15 is 0 Å². The molecule has 104 valence electrons. The lowest BCUT2D eigenvalue weighted by Gasteiger charge is -2.15. The first kappa shape index (κ1) is 14.7. The van der Waals surface area contributed by atoms with Crippen LogP contribution in [0.2, 0.25) is 10.0 Å². The molecular formula is C15H15Cl2N3. The first-order chi connectivity index (χ1) is 9.47. The predicted octanol–water partition coefficient (Wildman–Crippen LogP) is 4.54. The predicted molar refractivity (Wildman–Crippen MR) is 87.7 cm³/mol. The lowest BCUT2D eigenvalue weighted by atomic mass is 10.2. The fourth-order valence-electron chi connectivity index (χ4n) is 1.74. The average Bonchev–Trinajstić information content (AvgIpc) is 2.38. The smallest absolute Gasteiger partial charge is 0.146 e. The summed E-state index contributed by atoms with van der Waals surface area (Å²) in [6.07, 6.45) is 1.74. The third kappa shape index (κ3) is 3.44. The second kappa shape index (κ2) is 6.16. The minimum absolute atomic E-state index is 0.585. The molecule has 0 bridgehead atoms. The van der Waals surface area contributed by atoms with Crippen LogP contribution in [0.4, 0.5) is 11.5 Å². The highest BCUT2D eigenvalue weighted by Gasteiger charge is 2.07. The monoisotopic (exact) mass is 307 g/mol. The van der Waals surface area contributed by atoms with E-state index in [1.54, 1.807) is 6.20 Å². The number of rotatable bonds is 4. The fourth-order valence-corrected chi connectivity index (χ4v) is 2.26. The molecule has 2 rings (SSSR count). The summed E-state index contributed by atoms with van der Waals surface area (Å²) in [7, 11) is 3.79. The summed E-state index contributed by atoms with van der Waals surface area (Å²) in [5.41, 5.74) is 2.42. The quantitative estimate of drug-likeness (QED) is 0.899. The molecule has 1 heterocycles. The van der Waals surface area contributed by atoms with Gasteiger partial charge in [-0.15, -0.1) is 0 Å². The summed E-state index contributed by atoms with van der Waals surface area (Å²) in [6, 6.07) is 9.28. The van der Waals surface area contributed by atoms with Gasteiger partial charge in [0.25, 0.3) is 0 Å². The molecule has 2 aromatic rings. The maximum atomic E-state index is 6.20. The number of anilines is 2. The van der Waals surface area contributed by atoms with Crippen LogP contribution in [0, 0.1) is 0 Å². The number of aromatic nitrogens is 1. The summed E-state index contributed by atoms with van der Waals surface area (Å²) in [5.74, 6) is 0.728. The number of benzene rings is 1. The molecule has 20 heavy (non-hydrogen) atoms. The van der Waals surface area contributed by atoms with E-state index in [4.69, 9.17) is 23.2 Å². The Morgan fingerprint density at radius 2 is 2.00 bits per heavy atom. The van der Waals surface area contributed by atoms with Crippen LogP contribution >= 0.6 is 23.2 Å². The van der Waals surface area contributed by atoms with Crippen LogP contribution in [0.3, 0.4) is 0 Å². The minimum Gasteiger partial charge on any atom is -0.362 e. The Labute approximate surface area is 128 Å². The molecule has 0 aliphatic heterocycles. The average molecular weight is 308 g/mol. The Hall–Kier alpha value is -1.71. The molecule has 1 N–H and O–H groups in total. The molecular weight excluding hydrogens is 293 g/mol. The highest BCUT2D eigenvalue weighted by Crippen LogP contribution is 2.26. The molecule has 1 aromatic carbocycles. The van der Waals surface area contributed by atoms with Gasteiger partial charge < -0.3 is 10.2 Å². The normalized spacial score (nSPS) is 10.2. The highest BCUT2D eigenvalue weighted by atomic mass is 35.5. The van der Waals surface area contributed by atoms with Gasteiger partial charge >= 0.3 is 0 Å². The molecule has 0 aliphatic carbocycles. The van der Waals surface area contributed by atoms with Gasteiger partial charge in [0.05, 0.1) is 5.02 Å². The van der Waals surface area contributed by atoms with E-state index < -0.39 is 0 Å². The van der Waals surface area contributed by atoms with Crippen LogP contribution in [0.25, 0.3) is 5.70 Å². The van der Waals surface area contributed by atoms with Crippen LogP contribution in [-0.4, -0.2) is 19.1 Å². The van der Waals surface area contributed by atoms with Gasteiger partial charge in [0, 0.05) is 42.3 Å². The summed E-state index contributed by atoms with van der Waals surface area (Å²) < 4.78 is 0. The molecule has 0 atom stereocenters. The summed E-state index contributed by atoms with van der Waals surface area (Å²) in [5, 5.41) is 4.44. The summed E-state index contributed by atoms with van der Waals surface area (Å²) >= 11 is 12.1. The van der Waals surface area contributed by atoms with Crippen molar-refractivity contribution in [3.05, 3.63) is 58.7 Å². The lowest BCUT2D eigenvalue weighted by molar-refractivity contribution is 1.07. The van der Waals surface area contributed by atoms with Gasteiger partial charge in [-0.25, -0.2) is 4.98 Å². The van der Waals surface area contributed by atoms with Crippen LogP contribution < -0.4 is 10.2 Å². The molecule has 0 saturated carbocycles. The molecule has 0 fully saturated rings. The number of nitrogens with one attached hydrogen (secondary N) is 1. The molecule has 3 nitrogen and oxygen atoms in total. The van der Waals surface area contributed by atoms with Crippen molar-refractivity contribution in [1.82, 2.24) is 4.98 Å². The number of pyridine rings is 1. The Bertz CT molecular complexity index is 639. The standard InChI is InChI=1S/C15H15Cl2N3/c1-10(19-13-6-4-5-12(16)8-13)11-7-14(17)15(18-9-11)20(2)3/h4-9,19H,1H2,2-3H3. The van der Waals surface area contributed by atoms with Crippen molar-refractivity contribution in [3.8, 4) is 0 Å². The zero-order valence-electron chi connectivity index (χ0n) is 11.3. The molecule has 0 saturated heterocycles. The van der Waals surface area contributed by atoms with Crippen LogP contribution in [-0.2, 0) is 0 Å². The number of hydrogen-bond acceptors (Lipinski definition) is 3. The number of halogens is 2. The summed E-state index contributed by atoms with van der Waals surface area (Å²) in [6.45, 7) is 4.00. The van der Waals surface area contributed by atoms with Gasteiger partial charge in [0.2, 0.25) is 0 Å². The Morgan fingerprint density at radius 3 is 2.60 bits per heavy atom. The lowest BCUT2D eigenvalue weighted by Crippen LogP contribution is -2.11. The van der Waals surface area contributed by atoms with E-state index in [2.05, 4.69) is 16.9 Å². The van der Waals surface area contributed by atoms with Gasteiger partial charge in [-0.1, -0.05) is 35.8 Å². The van der Waals surface area contributed by atoms with Crippen LogP contribution in [0.1, 0.15) is 5.56 Å². The highest BCUT2D eigenvalue weighted by molar-refractivity contribution is 6.33. The number of hydrogen-bond donors (Lipinski definition) is 1. The first-order valence-electron chi connectivity index (χ1n) is 6.02. The second-order valence-corrected chi connectivity index (χ2v) is 5.38. The first-order valence-corrected chi connectivity index (χ1v) is 6.77. The summed E-state index contributed by atoms with van der Waals surface area (Å²) in [4.78, 5) is 6.19. The Morgan fingerprint density at radius 1 is 1.25 bits per heavy atom. The number of nitrogens with zero attached hydrogens (tertiary/aromatic N) is 2. The van der Waals surface area contributed by atoms with Crippen molar-refractivity contribution in [1.29, 1.82) is 0 Å². The molecule has 0 amide bonds. The Balaban J connectivity index is 2.19. The molecule has 1 aromatic heterocycles. The minimum atomic E-state index is 0.585. The van der Waals surface area contributed by atoms with Gasteiger partial charge in [0.15, 0.2) is 0 Å². The van der Waals surface area contributed by atoms with E-state index in [1.165, 1.54) is 0 Å². The van der Waals surface area contributed by atoms with Crippen molar-refractivity contribution in [3.63, 3.8) is 0 Å². The third-order valence-corrected chi connectivity index (χ3v) is 3.23. The van der Waals surface area contributed by atoms with Gasteiger partial charge in [-0.3, -0.25) is 0 Å². The Kier molecular flexibility index (Phi) is 4.53. The van der Waals surface area contributed by atoms with E-state index in [-0.39, 0.29) is 0 Å². The SMILES string of the molecule is C=C(Nc1cccc(Cl)c1)c1cnc(N(C)C)c(Cl)c1. The van der Waals surface area contributed by atoms with Crippen molar-refractivity contribution in [2.24, 2.45) is 0 Å². The molecule has 0 spiro atoms. The van der Waals surface area contributed by atoms with E-state index in [1.807, 2.05) is 49.3 Å². The molecule has 0 radical (unpaired) electrons. The molecule has 0 unspecified atom stereocenters. The van der Waals surface area contributed by atoms with E-state index in [0.29, 0.717) is 15.7 Å². The zero-order chi connectivity index (χ0) is 14.7. The van der Waals surface area contributed by atoms with Crippen molar-refractivity contribution in [2.75, 3.05) is 24.3 Å². The van der Waals surface area contributed by atoms with Crippen LogP contribution in [0.5, 0.6) is 0 Å². The van der Waals surface area contributed by atoms with Crippen molar-refractivity contribution < 1.29 is 0 Å². The third-order valence-electron chi connectivity index (χ3n) is 2.71. The molecule has 0 aliphatic rings. The molecule has 5 heteroatoms. The fraction of sp³-hybridized carbons (Fsp3) is 0.133. The van der Waals surface area contributed by atoms with Gasteiger partial charge in [-0.2, -0.15) is 0 Å². The van der Waals surface area contributed by atoms with Crippen molar-refractivity contribution in [2.45, 2.75) is 0 Å². The van der Waals surface area contributed by atoms with E-state index in [9.17, 15) is 0 Å². The maximum Gasteiger partial charge on any atom is 0.146 e. The van der Waals surface area contributed by atoms with Gasteiger partial charge in [-0.05, 0) is 24.3 Å². The zero-order valence-corrected chi connectivity index (χ0v) is 12.8. The largest absolute Gasteiger partial charge is 0.362 e. The van der Waals surface area contributed by atoms with E-state index in [0.717, 1.165) is 17.1 Å². The topological polar surface area (TPSA) is 28.2 Å².